The highest BCUT2D eigenvalue weighted by molar-refractivity contribution is 5.22. The standard InChI is InChI=1S/C14H26O/c1-5-12(15)8-9-13-11(2)7-6-10-14(13,3)4/h12,15H,5-10H2,1-4H3. The van der Waals surface area contributed by atoms with Crippen LogP contribution in [0.5, 0.6) is 0 Å². The van der Waals surface area contributed by atoms with Gasteiger partial charge in [-0.15, -0.1) is 0 Å². The minimum Gasteiger partial charge on any atom is -0.393 e. The molecule has 0 saturated carbocycles. The second-order valence-electron chi connectivity index (χ2n) is 5.60. The summed E-state index contributed by atoms with van der Waals surface area (Å²) in [6.45, 7) is 9.03. The average Bonchev–Trinajstić information content (AvgIpc) is 2.15. The van der Waals surface area contributed by atoms with E-state index in [1.54, 1.807) is 11.1 Å². The van der Waals surface area contributed by atoms with Crippen LogP contribution < -0.4 is 0 Å². The van der Waals surface area contributed by atoms with E-state index in [2.05, 4.69) is 27.7 Å². The highest BCUT2D eigenvalue weighted by Gasteiger charge is 2.27. The number of allylic oxidation sites excluding steroid dienone is 2. The summed E-state index contributed by atoms with van der Waals surface area (Å²) in [5.74, 6) is 0. The largest absolute Gasteiger partial charge is 0.393 e. The van der Waals surface area contributed by atoms with Crippen LogP contribution in [0.15, 0.2) is 11.1 Å². The fourth-order valence-electron chi connectivity index (χ4n) is 2.74. The van der Waals surface area contributed by atoms with E-state index in [1.807, 2.05) is 0 Å². The molecule has 1 atom stereocenters. The van der Waals surface area contributed by atoms with Crippen LogP contribution in [0.25, 0.3) is 0 Å². The Hall–Kier alpha value is -0.300. The van der Waals surface area contributed by atoms with Crippen molar-refractivity contribution >= 4 is 0 Å². The molecule has 0 fully saturated rings. The van der Waals surface area contributed by atoms with E-state index in [9.17, 15) is 5.11 Å². The molecule has 1 N–H and O–H groups in total. The second kappa shape index (κ2) is 5.16. The topological polar surface area (TPSA) is 20.2 Å². The quantitative estimate of drug-likeness (QED) is 0.694. The van der Waals surface area contributed by atoms with Crippen LogP contribution in [0.1, 0.15) is 66.2 Å². The summed E-state index contributed by atoms with van der Waals surface area (Å²) >= 11 is 0. The van der Waals surface area contributed by atoms with Gasteiger partial charge in [-0.1, -0.05) is 31.9 Å². The molecule has 15 heavy (non-hydrogen) atoms. The molecule has 1 nitrogen and oxygen atoms in total. The third-order valence-electron chi connectivity index (χ3n) is 3.88. The lowest BCUT2D eigenvalue weighted by molar-refractivity contribution is 0.157. The number of aliphatic hydroxyl groups is 1. The van der Waals surface area contributed by atoms with Gasteiger partial charge >= 0.3 is 0 Å². The summed E-state index contributed by atoms with van der Waals surface area (Å²) < 4.78 is 0. The van der Waals surface area contributed by atoms with E-state index < -0.39 is 0 Å². The third-order valence-corrected chi connectivity index (χ3v) is 3.88. The summed E-state index contributed by atoms with van der Waals surface area (Å²) in [4.78, 5) is 0. The Morgan fingerprint density at radius 1 is 1.40 bits per heavy atom. The highest BCUT2D eigenvalue weighted by Crippen LogP contribution is 2.42. The molecular formula is C14H26O. The van der Waals surface area contributed by atoms with Gasteiger partial charge in [-0.25, -0.2) is 0 Å². The van der Waals surface area contributed by atoms with Crippen LogP contribution in [0, 0.1) is 5.41 Å². The van der Waals surface area contributed by atoms with Gasteiger partial charge in [-0.05, 0) is 50.9 Å². The van der Waals surface area contributed by atoms with Crippen LogP contribution in [-0.2, 0) is 0 Å². The predicted octanol–water partition coefficient (Wildman–Crippen LogP) is 4.06. The van der Waals surface area contributed by atoms with E-state index in [4.69, 9.17) is 0 Å². The molecule has 1 heteroatoms. The Bertz CT molecular complexity index is 238. The molecule has 88 valence electrons. The first-order valence-corrected chi connectivity index (χ1v) is 6.34. The lowest BCUT2D eigenvalue weighted by atomic mass is 9.71. The zero-order chi connectivity index (χ0) is 11.5. The molecule has 1 aliphatic carbocycles. The van der Waals surface area contributed by atoms with Crippen molar-refractivity contribution in [3.05, 3.63) is 11.1 Å². The van der Waals surface area contributed by atoms with Gasteiger partial charge in [0.15, 0.2) is 0 Å². The summed E-state index contributed by atoms with van der Waals surface area (Å²) in [7, 11) is 0. The summed E-state index contributed by atoms with van der Waals surface area (Å²) in [6, 6.07) is 0. The van der Waals surface area contributed by atoms with Crippen molar-refractivity contribution in [3.63, 3.8) is 0 Å². The molecule has 1 aliphatic rings. The molecular weight excluding hydrogens is 184 g/mol. The predicted molar refractivity (Wildman–Crippen MR) is 65.9 cm³/mol. The highest BCUT2D eigenvalue weighted by atomic mass is 16.3. The van der Waals surface area contributed by atoms with Crippen molar-refractivity contribution in [1.29, 1.82) is 0 Å². The molecule has 0 aromatic heterocycles. The normalized spacial score (nSPS) is 23.0. The van der Waals surface area contributed by atoms with Crippen molar-refractivity contribution in [3.8, 4) is 0 Å². The summed E-state index contributed by atoms with van der Waals surface area (Å²) in [5, 5.41) is 9.62. The summed E-state index contributed by atoms with van der Waals surface area (Å²) in [6.07, 6.45) is 6.71. The Balaban J connectivity index is 2.64. The van der Waals surface area contributed by atoms with Crippen molar-refractivity contribution in [2.24, 2.45) is 5.41 Å². The van der Waals surface area contributed by atoms with Crippen LogP contribution in [-0.4, -0.2) is 11.2 Å². The maximum absolute atomic E-state index is 9.62. The van der Waals surface area contributed by atoms with Gasteiger partial charge in [0.05, 0.1) is 6.10 Å². The first-order chi connectivity index (χ1) is 6.97. The van der Waals surface area contributed by atoms with Crippen molar-refractivity contribution in [2.45, 2.75) is 72.3 Å². The molecule has 0 radical (unpaired) electrons. The zero-order valence-corrected chi connectivity index (χ0v) is 10.8. The van der Waals surface area contributed by atoms with Crippen molar-refractivity contribution in [1.82, 2.24) is 0 Å². The van der Waals surface area contributed by atoms with Gasteiger partial charge < -0.3 is 5.11 Å². The molecule has 0 aromatic rings. The number of rotatable bonds is 4. The minimum absolute atomic E-state index is 0.108. The van der Waals surface area contributed by atoms with Gasteiger partial charge in [0, 0.05) is 0 Å². The fraction of sp³-hybridized carbons (Fsp3) is 0.857. The molecule has 0 bridgehead atoms. The van der Waals surface area contributed by atoms with Gasteiger partial charge in [0.1, 0.15) is 0 Å². The maximum atomic E-state index is 9.62. The van der Waals surface area contributed by atoms with E-state index >= 15 is 0 Å². The smallest absolute Gasteiger partial charge is 0.0540 e. The molecule has 1 rings (SSSR count). The monoisotopic (exact) mass is 210 g/mol. The molecule has 0 saturated heterocycles. The van der Waals surface area contributed by atoms with Crippen LogP contribution >= 0.6 is 0 Å². The van der Waals surface area contributed by atoms with Gasteiger partial charge in [0.2, 0.25) is 0 Å². The first-order valence-electron chi connectivity index (χ1n) is 6.34. The molecule has 0 amide bonds. The lowest BCUT2D eigenvalue weighted by Gasteiger charge is -2.35. The first kappa shape index (κ1) is 12.8. The van der Waals surface area contributed by atoms with Crippen LogP contribution in [0.2, 0.25) is 0 Å². The van der Waals surface area contributed by atoms with Gasteiger partial charge in [-0.2, -0.15) is 0 Å². The van der Waals surface area contributed by atoms with Crippen molar-refractivity contribution < 1.29 is 5.11 Å². The molecule has 1 unspecified atom stereocenters. The Morgan fingerprint density at radius 3 is 2.60 bits per heavy atom. The minimum atomic E-state index is -0.108. The van der Waals surface area contributed by atoms with Gasteiger partial charge in [-0.3, -0.25) is 0 Å². The Labute approximate surface area is 94.6 Å². The number of hydrogen-bond acceptors (Lipinski definition) is 1. The van der Waals surface area contributed by atoms with E-state index in [1.165, 1.54) is 19.3 Å². The molecule has 0 heterocycles. The SMILES string of the molecule is CCC(O)CCC1=C(C)CCCC1(C)C. The van der Waals surface area contributed by atoms with Crippen LogP contribution in [0.3, 0.4) is 0 Å². The molecule has 0 spiro atoms. The number of hydrogen-bond donors (Lipinski definition) is 1. The Morgan fingerprint density at radius 2 is 2.07 bits per heavy atom. The second-order valence-corrected chi connectivity index (χ2v) is 5.60. The fourth-order valence-corrected chi connectivity index (χ4v) is 2.74. The zero-order valence-electron chi connectivity index (χ0n) is 10.8. The molecule has 0 aliphatic heterocycles. The van der Waals surface area contributed by atoms with Crippen LogP contribution in [0.4, 0.5) is 0 Å². The lowest BCUT2D eigenvalue weighted by Crippen LogP contribution is -2.21. The van der Waals surface area contributed by atoms with E-state index in [0.717, 1.165) is 19.3 Å². The maximum Gasteiger partial charge on any atom is 0.0540 e. The van der Waals surface area contributed by atoms with E-state index in [-0.39, 0.29) is 6.10 Å². The average molecular weight is 210 g/mol. The third kappa shape index (κ3) is 3.34. The van der Waals surface area contributed by atoms with Crippen molar-refractivity contribution in [2.75, 3.05) is 0 Å². The number of aliphatic hydroxyl groups excluding tert-OH is 1. The molecule has 0 aromatic carbocycles. The summed E-state index contributed by atoms with van der Waals surface area (Å²) in [5.41, 5.74) is 3.56. The Kier molecular flexibility index (Phi) is 4.39. The van der Waals surface area contributed by atoms with E-state index in [0.29, 0.717) is 5.41 Å². The van der Waals surface area contributed by atoms with Gasteiger partial charge in [0.25, 0.3) is 0 Å².